The number of H-pyrrole nitrogens is 1. The van der Waals surface area contributed by atoms with Gasteiger partial charge in [-0.15, -0.1) is 0 Å². The summed E-state index contributed by atoms with van der Waals surface area (Å²) >= 11 is 0. The van der Waals surface area contributed by atoms with E-state index in [1.165, 1.54) is 0 Å². The molecule has 4 aromatic rings. The average Bonchev–Trinajstić information content (AvgIpc) is 3.18. The predicted octanol–water partition coefficient (Wildman–Crippen LogP) is 2.76. The third kappa shape index (κ3) is 4.67. The molecule has 4 N–H and O–H groups in total. The van der Waals surface area contributed by atoms with Gasteiger partial charge in [0.15, 0.2) is 11.5 Å². The SMILES string of the molecule is CC(=O)O.COc1ccc2c(c1)c(-c1nc3cc4c(cc3[nH]c1=O)OCCO4)cn2CCCN. The van der Waals surface area contributed by atoms with Crippen molar-refractivity contribution in [2.24, 2.45) is 5.73 Å². The summed E-state index contributed by atoms with van der Waals surface area (Å²) in [6, 6.07) is 9.39. The molecule has 34 heavy (non-hydrogen) atoms. The highest BCUT2D eigenvalue weighted by molar-refractivity contribution is 5.97. The molecule has 0 atom stereocenters. The molecule has 2 aromatic heterocycles. The Hall–Kier alpha value is -4.05. The normalized spacial score (nSPS) is 12.3. The summed E-state index contributed by atoms with van der Waals surface area (Å²) in [7, 11) is 1.62. The first-order valence-corrected chi connectivity index (χ1v) is 10.8. The fourth-order valence-corrected chi connectivity index (χ4v) is 3.84. The number of fused-ring (bicyclic) bond motifs is 3. The van der Waals surface area contributed by atoms with Crippen LogP contribution in [-0.2, 0) is 11.3 Å². The lowest BCUT2D eigenvalue weighted by molar-refractivity contribution is -0.134. The molecule has 0 saturated carbocycles. The Morgan fingerprint density at radius 2 is 1.94 bits per heavy atom. The first-order chi connectivity index (χ1) is 16.4. The maximum absolute atomic E-state index is 13.0. The van der Waals surface area contributed by atoms with Crippen molar-refractivity contribution >= 4 is 27.9 Å². The highest BCUT2D eigenvalue weighted by Gasteiger charge is 2.18. The summed E-state index contributed by atoms with van der Waals surface area (Å²) in [5.41, 5.74) is 8.79. The Labute approximate surface area is 194 Å². The van der Waals surface area contributed by atoms with E-state index in [2.05, 4.69) is 9.55 Å². The topological polar surface area (TPSA) is 142 Å². The number of carbonyl (C=O) groups is 1. The number of aryl methyl sites for hydroxylation is 1. The number of aliphatic carboxylic acids is 1. The molecule has 10 nitrogen and oxygen atoms in total. The van der Waals surface area contributed by atoms with E-state index in [0.29, 0.717) is 48.0 Å². The monoisotopic (exact) mass is 466 g/mol. The number of carboxylic acid groups (broad SMARTS) is 1. The minimum absolute atomic E-state index is 0.264. The fourth-order valence-electron chi connectivity index (χ4n) is 3.84. The third-order valence-electron chi connectivity index (χ3n) is 5.30. The van der Waals surface area contributed by atoms with Gasteiger partial charge in [-0.3, -0.25) is 9.59 Å². The highest BCUT2D eigenvalue weighted by Crippen LogP contribution is 2.35. The number of nitrogens with two attached hydrogens (primary N) is 1. The first-order valence-electron chi connectivity index (χ1n) is 10.8. The summed E-state index contributed by atoms with van der Waals surface area (Å²) in [4.78, 5) is 29.6. The molecule has 178 valence electrons. The number of nitrogens with one attached hydrogen (secondary N) is 1. The summed E-state index contributed by atoms with van der Waals surface area (Å²) in [6.45, 7) is 3.40. The van der Waals surface area contributed by atoms with Crippen LogP contribution in [0.15, 0.2) is 41.3 Å². The van der Waals surface area contributed by atoms with Crippen LogP contribution in [0.25, 0.3) is 33.2 Å². The second-order valence-electron chi connectivity index (χ2n) is 7.71. The molecule has 1 aliphatic heterocycles. The van der Waals surface area contributed by atoms with Crippen molar-refractivity contribution in [2.45, 2.75) is 19.9 Å². The number of aromatic amines is 1. The molecule has 0 spiro atoms. The number of rotatable bonds is 5. The van der Waals surface area contributed by atoms with Gasteiger partial charge < -0.3 is 34.6 Å². The van der Waals surface area contributed by atoms with Gasteiger partial charge in [-0.2, -0.15) is 0 Å². The van der Waals surface area contributed by atoms with Crippen molar-refractivity contribution in [1.29, 1.82) is 0 Å². The van der Waals surface area contributed by atoms with Crippen LogP contribution in [0.1, 0.15) is 13.3 Å². The first kappa shape index (κ1) is 23.1. The standard InChI is InChI=1S/C22H22N4O4.C2H4O2/c1-28-13-3-4-18-14(9-13)15(12-26(18)6-2-5-23)21-22(27)25-17-11-20-19(10-16(17)24-21)29-7-8-30-20;1-2(3)4/h3-4,9-12H,2,5-8,23H2,1H3,(H,25,27);1H3,(H,3,4). The van der Waals surface area contributed by atoms with E-state index in [4.69, 9.17) is 34.8 Å². The Bertz CT molecular complexity index is 1400. The van der Waals surface area contributed by atoms with Gasteiger partial charge in [0.05, 0.1) is 18.1 Å². The second kappa shape index (κ2) is 9.84. The maximum Gasteiger partial charge on any atom is 0.300 e. The molecule has 2 aromatic carbocycles. The molecule has 3 heterocycles. The van der Waals surface area contributed by atoms with Gasteiger partial charge >= 0.3 is 0 Å². The molecular weight excluding hydrogens is 440 g/mol. The quantitative estimate of drug-likeness (QED) is 0.408. The smallest absolute Gasteiger partial charge is 0.300 e. The van der Waals surface area contributed by atoms with Crippen molar-refractivity contribution in [3.05, 3.63) is 46.9 Å². The van der Waals surface area contributed by atoms with Crippen molar-refractivity contribution < 1.29 is 24.1 Å². The van der Waals surface area contributed by atoms with Crippen LogP contribution in [-0.4, -0.2) is 52.5 Å². The molecule has 0 amide bonds. The predicted molar refractivity (Wildman–Crippen MR) is 128 cm³/mol. The number of benzene rings is 2. The summed E-state index contributed by atoms with van der Waals surface area (Å²) in [5.74, 6) is 1.13. The van der Waals surface area contributed by atoms with E-state index in [1.54, 1.807) is 19.2 Å². The third-order valence-corrected chi connectivity index (χ3v) is 5.30. The number of methoxy groups -OCH3 is 1. The molecule has 0 saturated heterocycles. The number of aromatic nitrogens is 3. The Morgan fingerprint density at radius 3 is 2.62 bits per heavy atom. The summed E-state index contributed by atoms with van der Waals surface area (Å²) in [6.07, 6.45) is 2.79. The number of ether oxygens (including phenoxy) is 3. The van der Waals surface area contributed by atoms with E-state index < -0.39 is 5.97 Å². The lowest BCUT2D eigenvalue weighted by Gasteiger charge is -2.18. The van der Waals surface area contributed by atoms with E-state index in [9.17, 15) is 4.79 Å². The van der Waals surface area contributed by atoms with E-state index in [-0.39, 0.29) is 5.56 Å². The van der Waals surface area contributed by atoms with Crippen LogP contribution in [0, 0.1) is 0 Å². The van der Waals surface area contributed by atoms with Gasteiger partial charge in [-0.05, 0) is 31.2 Å². The van der Waals surface area contributed by atoms with Crippen molar-refractivity contribution in [2.75, 3.05) is 26.9 Å². The van der Waals surface area contributed by atoms with Gasteiger partial charge in [0.25, 0.3) is 11.5 Å². The maximum atomic E-state index is 13.0. The molecule has 0 radical (unpaired) electrons. The zero-order valence-corrected chi connectivity index (χ0v) is 19.0. The Morgan fingerprint density at radius 1 is 1.24 bits per heavy atom. The van der Waals surface area contributed by atoms with Gasteiger partial charge in [0.1, 0.15) is 24.7 Å². The molecule has 10 heteroatoms. The van der Waals surface area contributed by atoms with E-state index >= 15 is 0 Å². The second-order valence-corrected chi connectivity index (χ2v) is 7.71. The zero-order chi connectivity index (χ0) is 24.2. The zero-order valence-electron chi connectivity index (χ0n) is 19.0. The molecule has 0 unspecified atom stereocenters. The summed E-state index contributed by atoms with van der Waals surface area (Å²) in [5, 5.41) is 8.32. The van der Waals surface area contributed by atoms with Crippen molar-refractivity contribution in [3.8, 4) is 28.5 Å². The van der Waals surface area contributed by atoms with Crippen LogP contribution in [0.2, 0.25) is 0 Å². The van der Waals surface area contributed by atoms with Crippen LogP contribution in [0.4, 0.5) is 0 Å². The van der Waals surface area contributed by atoms with Crippen molar-refractivity contribution in [1.82, 2.24) is 14.5 Å². The minimum Gasteiger partial charge on any atom is -0.497 e. The number of hydrogen-bond donors (Lipinski definition) is 3. The van der Waals surface area contributed by atoms with Crippen LogP contribution in [0.3, 0.4) is 0 Å². The Kier molecular flexibility index (Phi) is 6.69. The van der Waals surface area contributed by atoms with E-state index in [0.717, 1.165) is 42.1 Å². The fraction of sp³-hybridized carbons (Fsp3) is 0.292. The molecular formula is C24H26N4O6. The van der Waals surface area contributed by atoms with Crippen LogP contribution < -0.4 is 25.5 Å². The molecule has 0 fully saturated rings. The summed E-state index contributed by atoms with van der Waals surface area (Å²) < 4.78 is 18.8. The van der Waals surface area contributed by atoms with Crippen LogP contribution in [0.5, 0.6) is 17.2 Å². The molecule has 0 bridgehead atoms. The molecule has 5 rings (SSSR count). The van der Waals surface area contributed by atoms with Gasteiger partial charge in [0.2, 0.25) is 0 Å². The highest BCUT2D eigenvalue weighted by atomic mass is 16.6. The number of hydrogen-bond acceptors (Lipinski definition) is 7. The largest absolute Gasteiger partial charge is 0.497 e. The van der Waals surface area contributed by atoms with E-state index in [1.807, 2.05) is 24.4 Å². The van der Waals surface area contributed by atoms with Crippen LogP contribution >= 0.6 is 0 Å². The lowest BCUT2D eigenvalue weighted by atomic mass is 10.1. The average molecular weight is 466 g/mol. The van der Waals surface area contributed by atoms with Gasteiger partial charge in [-0.1, -0.05) is 0 Å². The van der Waals surface area contributed by atoms with Crippen molar-refractivity contribution in [3.63, 3.8) is 0 Å². The number of nitrogens with zero attached hydrogens (tertiary/aromatic N) is 2. The molecule has 0 aliphatic carbocycles. The number of carboxylic acids is 1. The molecule has 1 aliphatic rings. The van der Waals surface area contributed by atoms with Gasteiger partial charge in [-0.25, -0.2) is 4.98 Å². The minimum atomic E-state index is -0.833. The van der Waals surface area contributed by atoms with Gasteiger partial charge in [0, 0.05) is 48.3 Å². The lowest BCUT2D eigenvalue weighted by Crippen LogP contribution is -2.16. The Balaban J connectivity index is 0.000000636.